The Hall–Kier alpha value is -1.88. The molecular formula is C11H13N3O2. The third kappa shape index (κ3) is 2.38. The first-order chi connectivity index (χ1) is 7.79. The molecule has 0 atom stereocenters. The van der Waals surface area contributed by atoms with E-state index < -0.39 is 0 Å². The van der Waals surface area contributed by atoms with Gasteiger partial charge < -0.3 is 14.4 Å². The Labute approximate surface area is 93.4 Å². The lowest BCUT2D eigenvalue weighted by molar-refractivity contribution is 0.276. The maximum atomic E-state index is 8.84. The van der Waals surface area contributed by atoms with Crippen molar-refractivity contribution in [2.45, 2.75) is 13.2 Å². The fourth-order valence-electron chi connectivity index (χ4n) is 1.34. The van der Waals surface area contributed by atoms with Crippen molar-refractivity contribution < 1.29 is 9.52 Å². The molecule has 0 saturated heterocycles. The molecule has 0 aromatic carbocycles. The first kappa shape index (κ1) is 10.6. The third-order valence-corrected chi connectivity index (χ3v) is 2.22. The summed E-state index contributed by atoms with van der Waals surface area (Å²) in [4.78, 5) is 10.2. The number of hydrogen-bond donors (Lipinski definition) is 1. The number of aromatic nitrogens is 2. The van der Waals surface area contributed by atoms with Gasteiger partial charge in [0.1, 0.15) is 11.6 Å². The van der Waals surface area contributed by atoms with Gasteiger partial charge in [0.2, 0.25) is 0 Å². The summed E-state index contributed by atoms with van der Waals surface area (Å²) in [6.45, 7) is 0.551. The highest BCUT2D eigenvalue weighted by atomic mass is 16.3. The second kappa shape index (κ2) is 4.76. The maximum absolute atomic E-state index is 8.84. The van der Waals surface area contributed by atoms with Gasteiger partial charge in [0, 0.05) is 7.05 Å². The molecule has 2 rings (SSSR count). The van der Waals surface area contributed by atoms with Crippen molar-refractivity contribution in [3.63, 3.8) is 0 Å². The average Bonchev–Trinajstić information content (AvgIpc) is 2.82. The predicted molar refractivity (Wildman–Crippen MR) is 58.8 cm³/mol. The molecule has 0 aliphatic heterocycles. The summed E-state index contributed by atoms with van der Waals surface area (Å²) in [6, 6.07) is 3.76. The molecule has 0 radical (unpaired) electrons. The van der Waals surface area contributed by atoms with E-state index in [1.165, 1.54) is 0 Å². The summed E-state index contributed by atoms with van der Waals surface area (Å²) >= 11 is 0. The van der Waals surface area contributed by atoms with Crippen LogP contribution in [0.4, 0.5) is 5.82 Å². The zero-order chi connectivity index (χ0) is 11.4. The third-order valence-electron chi connectivity index (χ3n) is 2.22. The molecule has 0 aliphatic rings. The average molecular weight is 219 g/mol. The Balaban J connectivity index is 2.05. The predicted octanol–water partition coefficient (Wildman–Crippen LogP) is 1.20. The van der Waals surface area contributed by atoms with Gasteiger partial charge in [-0.2, -0.15) is 0 Å². The normalized spacial score (nSPS) is 10.4. The van der Waals surface area contributed by atoms with Crippen molar-refractivity contribution in [3.8, 4) is 0 Å². The van der Waals surface area contributed by atoms with Crippen molar-refractivity contribution in [2.75, 3.05) is 11.9 Å². The number of furan rings is 1. The number of aliphatic hydroxyl groups excluding tert-OH is 1. The lowest BCUT2D eigenvalue weighted by Gasteiger charge is -2.15. The second-order valence-electron chi connectivity index (χ2n) is 3.46. The van der Waals surface area contributed by atoms with Crippen LogP contribution in [0.15, 0.2) is 35.2 Å². The van der Waals surface area contributed by atoms with Gasteiger partial charge >= 0.3 is 0 Å². The summed E-state index contributed by atoms with van der Waals surface area (Å²) in [6.07, 6.45) is 4.84. The van der Waals surface area contributed by atoms with Crippen LogP contribution in [-0.4, -0.2) is 22.1 Å². The Morgan fingerprint density at radius 2 is 2.25 bits per heavy atom. The summed E-state index contributed by atoms with van der Waals surface area (Å²) < 4.78 is 5.24. The Morgan fingerprint density at radius 1 is 1.38 bits per heavy atom. The molecule has 16 heavy (non-hydrogen) atoms. The Bertz CT molecular complexity index is 425. The van der Waals surface area contributed by atoms with Crippen molar-refractivity contribution in [2.24, 2.45) is 0 Å². The minimum absolute atomic E-state index is 0.0881. The number of anilines is 1. The first-order valence-corrected chi connectivity index (χ1v) is 4.95. The maximum Gasteiger partial charge on any atom is 0.147 e. The summed E-state index contributed by atoms with van der Waals surface area (Å²) in [5.41, 5.74) is 0.565. The monoisotopic (exact) mass is 219 g/mol. The molecule has 0 spiro atoms. The van der Waals surface area contributed by atoms with E-state index in [2.05, 4.69) is 9.97 Å². The van der Waals surface area contributed by atoms with Gasteiger partial charge in [-0.1, -0.05) is 0 Å². The van der Waals surface area contributed by atoms with E-state index in [0.717, 1.165) is 11.6 Å². The number of nitrogens with zero attached hydrogens (tertiary/aromatic N) is 3. The van der Waals surface area contributed by atoms with E-state index >= 15 is 0 Å². The largest absolute Gasteiger partial charge is 0.467 e. The van der Waals surface area contributed by atoms with E-state index in [-0.39, 0.29) is 6.61 Å². The van der Waals surface area contributed by atoms with Gasteiger partial charge in [0.05, 0.1) is 37.5 Å². The lowest BCUT2D eigenvalue weighted by atomic mass is 10.4. The van der Waals surface area contributed by atoms with E-state index in [4.69, 9.17) is 9.52 Å². The van der Waals surface area contributed by atoms with E-state index in [0.29, 0.717) is 12.2 Å². The van der Waals surface area contributed by atoms with Gasteiger partial charge in [0.25, 0.3) is 0 Å². The van der Waals surface area contributed by atoms with Gasteiger partial charge in [-0.25, -0.2) is 4.98 Å². The van der Waals surface area contributed by atoms with E-state index in [1.807, 2.05) is 24.1 Å². The number of aliphatic hydroxyl groups is 1. The SMILES string of the molecule is CN(Cc1ccco1)c1cnc(CO)cn1. The summed E-state index contributed by atoms with van der Waals surface area (Å²) in [7, 11) is 1.91. The van der Waals surface area contributed by atoms with Crippen LogP contribution in [-0.2, 0) is 13.2 Å². The molecule has 2 aromatic rings. The number of rotatable bonds is 4. The van der Waals surface area contributed by atoms with E-state index in [9.17, 15) is 0 Å². The molecular weight excluding hydrogens is 206 g/mol. The first-order valence-electron chi connectivity index (χ1n) is 4.95. The van der Waals surface area contributed by atoms with Gasteiger partial charge in [-0.3, -0.25) is 4.98 Å². The van der Waals surface area contributed by atoms with Crippen molar-refractivity contribution in [1.29, 1.82) is 0 Å². The smallest absolute Gasteiger partial charge is 0.147 e. The molecule has 0 fully saturated rings. The molecule has 0 bridgehead atoms. The Kier molecular flexibility index (Phi) is 3.16. The molecule has 0 aliphatic carbocycles. The van der Waals surface area contributed by atoms with Crippen LogP contribution >= 0.6 is 0 Å². The second-order valence-corrected chi connectivity index (χ2v) is 3.46. The van der Waals surface area contributed by atoms with E-state index in [1.54, 1.807) is 18.7 Å². The highest BCUT2D eigenvalue weighted by Gasteiger charge is 2.05. The van der Waals surface area contributed by atoms with Crippen molar-refractivity contribution in [1.82, 2.24) is 9.97 Å². The van der Waals surface area contributed by atoms with Gasteiger partial charge in [0.15, 0.2) is 0 Å². The molecule has 0 saturated carbocycles. The molecule has 5 heteroatoms. The number of hydrogen-bond acceptors (Lipinski definition) is 5. The molecule has 1 N–H and O–H groups in total. The highest BCUT2D eigenvalue weighted by molar-refractivity contribution is 5.34. The van der Waals surface area contributed by atoms with Crippen LogP contribution < -0.4 is 4.90 Å². The summed E-state index contributed by atoms with van der Waals surface area (Å²) in [5, 5.41) is 8.84. The molecule has 0 amide bonds. The zero-order valence-corrected chi connectivity index (χ0v) is 9.00. The van der Waals surface area contributed by atoms with Gasteiger partial charge in [-0.15, -0.1) is 0 Å². The Morgan fingerprint density at radius 3 is 2.81 bits per heavy atom. The minimum Gasteiger partial charge on any atom is -0.467 e. The highest BCUT2D eigenvalue weighted by Crippen LogP contribution is 2.11. The molecule has 5 nitrogen and oxygen atoms in total. The van der Waals surface area contributed by atoms with Gasteiger partial charge in [-0.05, 0) is 12.1 Å². The van der Waals surface area contributed by atoms with Crippen LogP contribution in [0, 0.1) is 0 Å². The summed E-state index contributed by atoms with van der Waals surface area (Å²) in [5.74, 6) is 1.61. The van der Waals surface area contributed by atoms with Crippen LogP contribution in [0.2, 0.25) is 0 Å². The van der Waals surface area contributed by atoms with Crippen LogP contribution in [0.5, 0.6) is 0 Å². The fraction of sp³-hybridized carbons (Fsp3) is 0.273. The molecule has 0 unspecified atom stereocenters. The standard InChI is InChI=1S/C11H13N3O2/c1-14(7-10-3-2-4-16-10)11-6-12-9(8-15)5-13-11/h2-6,15H,7-8H2,1H3. The molecule has 2 aromatic heterocycles. The lowest BCUT2D eigenvalue weighted by Crippen LogP contribution is -2.17. The molecule has 84 valence electrons. The molecule has 2 heterocycles. The van der Waals surface area contributed by atoms with Crippen LogP contribution in [0.25, 0.3) is 0 Å². The zero-order valence-electron chi connectivity index (χ0n) is 9.00. The quantitative estimate of drug-likeness (QED) is 0.837. The van der Waals surface area contributed by atoms with Crippen molar-refractivity contribution >= 4 is 5.82 Å². The van der Waals surface area contributed by atoms with Crippen LogP contribution in [0.1, 0.15) is 11.5 Å². The van der Waals surface area contributed by atoms with Crippen molar-refractivity contribution in [3.05, 3.63) is 42.2 Å². The topological polar surface area (TPSA) is 62.4 Å². The van der Waals surface area contributed by atoms with Crippen LogP contribution in [0.3, 0.4) is 0 Å². The fourth-order valence-corrected chi connectivity index (χ4v) is 1.34. The minimum atomic E-state index is -0.0881.